The van der Waals surface area contributed by atoms with E-state index in [1.54, 1.807) is 0 Å². The van der Waals surface area contributed by atoms with E-state index in [4.69, 9.17) is 0 Å². The first kappa shape index (κ1) is 16.9. The molecule has 0 aliphatic heterocycles. The van der Waals surface area contributed by atoms with E-state index in [0.29, 0.717) is 6.54 Å². The Morgan fingerprint density at radius 2 is 1.95 bits per heavy atom. The molecule has 0 radical (unpaired) electrons. The van der Waals surface area contributed by atoms with Gasteiger partial charge in [-0.05, 0) is 36.2 Å². The van der Waals surface area contributed by atoms with Crippen LogP contribution in [0.1, 0.15) is 11.1 Å². The fourth-order valence-corrected chi connectivity index (χ4v) is 3.23. The lowest BCUT2D eigenvalue weighted by Gasteiger charge is -2.10. The zero-order chi connectivity index (χ0) is 15.8. The molecule has 2 amide bonds. The molecule has 2 aromatic rings. The van der Waals surface area contributed by atoms with Crippen molar-refractivity contribution in [2.24, 2.45) is 0 Å². The molecule has 0 saturated carbocycles. The molecule has 5 heteroatoms. The van der Waals surface area contributed by atoms with Gasteiger partial charge < -0.3 is 10.6 Å². The van der Waals surface area contributed by atoms with Crippen LogP contribution in [0.3, 0.4) is 0 Å². The third-order valence-corrected chi connectivity index (χ3v) is 4.60. The summed E-state index contributed by atoms with van der Waals surface area (Å²) in [5.41, 5.74) is 3.17. The minimum absolute atomic E-state index is 0.161. The van der Waals surface area contributed by atoms with Gasteiger partial charge in [-0.15, -0.1) is 0 Å². The van der Waals surface area contributed by atoms with Gasteiger partial charge in [-0.25, -0.2) is 4.79 Å². The van der Waals surface area contributed by atoms with E-state index in [2.05, 4.69) is 38.7 Å². The van der Waals surface area contributed by atoms with Crippen LogP contribution in [0.15, 0.2) is 53.0 Å². The standard InChI is InChI=1S/C17H19BrN2OS/c1-13-11-15(18)7-8-16(13)20-17(21)19-9-10-22-12-14-5-3-2-4-6-14/h2-8,11H,9-10,12H2,1H3,(H2,19,20,21). The van der Waals surface area contributed by atoms with Crippen LogP contribution in [-0.4, -0.2) is 18.3 Å². The molecule has 3 nitrogen and oxygen atoms in total. The Morgan fingerprint density at radius 3 is 2.68 bits per heavy atom. The van der Waals surface area contributed by atoms with E-state index < -0.39 is 0 Å². The van der Waals surface area contributed by atoms with E-state index in [0.717, 1.165) is 27.2 Å². The topological polar surface area (TPSA) is 41.1 Å². The second kappa shape index (κ2) is 8.86. The Balaban J connectivity index is 1.65. The maximum absolute atomic E-state index is 11.8. The van der Waals surface area contributed by atoms with Gasteiger partial charge in [0.05, 0.1) is 0 Å². The number of halogens is 1. The number of hydrogen-bond donors (Lipinski definition) is 2. The van der Waals surface area contributed by atoms with Gasteiger partial charge in [0.15, 0.2) is 0 Å². The van der Waals surface area contributed by atoms with Gasteiger partial charge in [-0.1, -0.05) is 46.3 Å². The van der Waals surface area contributed by atoms with Crippen molar-refractivity contribution in [3.63, 3.8) is 0 Å². The number of nitrogens with one attached hydrogen (secondary N) is 2. The van der Waals surface area contributed by atoms with Crippen LogP contribution in [-0.2, 0) is 5.75 Å². The summed E-state index contributed by atoms with van der Waals surface area (Å²) < 4.78 is 1.01. The molecule has 0 aromatic heterocycles. The van der Waals surface area contributed by atoms with E-state index in [9.17, 15) is 4.79 Å². The molecular weight excluding hydrogens is 360 g/mol. The zero-order valence-electron chi connectivity index (χ0n) is 12.4. The number of urea groups is 1. The van der Waals surface area contributed by atoms with Crippen molar-refractivity contribution in [1.29, 1.82) is 0 Å². The lowest BCUT2D eigenvalue weighted by atomic mass is 10.2. The van der Waals surface area contributed by atoms with Gasteiger partial charge in [-0.2, -0.15) is 11.8 Å². The molecule has 0 heterocycles. The molecule has 0 bridgehead atoms. The van der Waals surface area contributed by atoms with E-state index in [-0.39, 0.29) is 6.03 Å². The number of benzene rings is 2. The van der Waals surface area contributed by atoms with Crippen molar-refractivity contribution in [1.82, 2.24) is 5.32 Å². The Hall–Kier alpha value is -1.46. The molecule has 2 aromatic carbocycles. The van der Waals surface area contributed by atoms with Gasteiger partial charge in [0.25, 0.3) is 0 Å². The molecule has 0 saturated heterocycles. The van der Waals surface area contributed by atoms with Crippen molar-refractivity contribution < 1.29 is 4.79 Å². The Kier molecular flexibility index (Phi) is 6.80. The highest BCUT2D eigenvalue weighted by Crippen LogP contribution is 2.19. The number of carbonyl (C=O) groups is 1. The summed E-state index contributed by atoms with van der Waals surface area (Å²) in [5, 5.41) is 5.74. The number of hydrogen-bond acceptors (Lipinski definition) is 2. The fourth-order valence-electron chi connectivity index (χ4n) is 1.93. The quantitative estimate of drug-likeness (QED) is 0.707. The minimum Gasteiger partial charge on any atom is -0.337 e. The lowest BCUT2D eigenvalue weighted by Crippen LogP contribution is -2.30. The second-order valence-corrected chi connectivity index (χ2v) is 6.90. The van der Waals surface area contributed by atoms with Gasteiger partial charge in [0, 0.05) is 28.2 Å². The summed E-state index contributed by atoms with van der Waals surface area (Å²) in [4.78, 5) is 11.8. The molecule has 116 valence electrons. The van der Waals surface area contributed by atoms with Gasteiger partial charge >= 0.3 is 6.03 Å². The van der Waals surface area contributed by atoms with Crippen LogP contribution >= 0.6 is 27.7 Å². The average Bonchev–Trinajstić information content (AvgIpc) is 2.51. The molecular formula is C17H19BrN2OS. The van der Waals surface area contributed by atoms with Crippen LogP contribution in [0.2, 0.25) is 0 Å². The minimum atomic E-state index is -0.161. The summed E-state index contributed by atoms with van der Waals surface area (Å²) in [6, 6.07) is 16.0. The number of carbonyl (C=O) groups excluding carboxylic acids is 1. The van der Waals surface area contributed by atoms with Crippen molar-refractivity contribution in [2.75, 3.05) is 17.6 Å². The average molecular weight is 379 g/mol. The SMILES string of the molecule is Cc1cc(Br)ccc1NC(=O)NCCSCc1ccccc1. The summed E-state index contributed by atoms with van der Waals surface area (Å²) in [6.45, 7) is 2.62. The Morgan fingerprint density at radius 1 is 1.18 bits per heavy atom. The van der Waals surface area contributed by atoms with E-state index in [1.807, 2.05) is 55.1 Å². The molecule has 2 N–H and O–H groups in total. The molecule has 0 aliphatic rings. The number of rotatable bonds is 6. The molecule has 2 rings (SSSR count). The Bertz CT molecular complexity index is 619. The zero-order valence-corrected chi connectivity index (χ0v) is 14.8. The Labute approximate surface area is 144 Å². The number of aryl methyl sites for hydroxylation is 1. The smallest absolute Gasteiger partial charge is 0.319 e. The highest BCUT2D eigenvalue weighted by atomic mass is 79.9. The van der Waals surface area contributed by atoms with Crippen molar-refractivity contribution in [2.45, 2.75) is 12.7 Å². The van der Waals surface area contributed by atoms with Gasteiger partial charge in [0.1, 0.15) is 0 Å². The molecule has 0 aliphatic carbocycles. The van der Waals surface area contributed by atoms with Crippen molar-refractivity contribution >= 4 is 39.4 Å². The molecule has 0 fully saturated rings. The number of amides is 2. The number of thioether (sulfide) groups is 1. The molecule has 0 spiro atoms. The summed E-state index contributed by atoms with van der Waals surface area (Å²) in [7, 11) is 0. The number of anilines is 1. The van der Waals surface area contributed by atoms with Gasteiger partial charge in [-0.3, -0.25) is 0 Å². The third kappa shape index (κ3) is 5.73. The van der Waals surface area contributed by atoms with Crippen LogP contribution in [0.25, 0.3) is 0 Å². The predicted molar refractivity (Wildman–Crippen MR) is 98.5 cm³/mol. The van der Waals surface area contributed by atoms with Crippen LogP contribution < -0.4 is 10.6 Å². The highest BCUT2D eigenvalue weighted by molar-refractivity contribution is 9.10. The molecule has 0 atom stereocenters. The summed E-state index contributed by atoms with van der Waals surface area (Å²) in [5.74, 6) is 1.86. The monoisotopic (exact) mass is 378 g/mol. The van der Waals surface area contributed by atoms with Crippen LogP contribution in [0, 0.1) is 6.92 Å². The van der Waals surface area contributed by atoms with E-state index >= 15 is 0 Å². The second-order valence-electron chi connectivity index (χ2n) is 4.88. The summed E-state index contributed by atoms with van der Waals surface area (Å²) in [6.07, 6.45) is 0. The van der Waals surface area contributed by atoms with E-state index in [1.165, 1.54) is 5.56 Å². The third-order valence-electron chi connectivity index (χ3n) is 3.08. The normalized spacial score (nSPS) is 10.3. The first-order chi connectivity index (χ1) is 10.6. The van der Waals surface area contributed by atoms with Gasteiger partial charge in [0.2, 0.25) is 0 Å². The first-order valence-electron chi connectivity index (χ1n) is 7.08. The predicted octanol–water partition coefficient (Wildman–Crippen LogP) is 4.81. The lowest BCUT2D eigenvalue weighted by molar-refractivity contribution is 0.252. The van der Waals surface area contributed by atoms with Crippen molar-refractivity contribution in [3.8, 4) is 0 Å². The van der Waals surface area contributed by atoms with Crippen molar-refractivity contribution in [3.05, 3.63) is 64.1 Å². The largest absolute Gasteiger partial charge is 0.337 e. The molecule has 22 heavy (non-hydrogen) atoms. The fraction of sp³-hybridized carbons (Fsp3) is 0.235. The maximum atomic E-state index is 11.8. The summed E-state index contributed by atoms with van der Waals surface area (Å²) >= 11 is 5.22. The highest BCUT2D eigenvalue weighted by Gasteiger charge is 2.04. The first-order valence-corrected chi connectivity index (χ1v) is 9.02. The maximum Gasteiger partial charge on any atom is 0.319 e. The van der Waals surface area contributed by atoms with Crippen LogP contribution in [0.5, 0.6) is 0 Å². The molecule has 0 unspecified atom stereocenters. The van der Waals surface area contributed by atoms with Crippen LogP contribution in [0.4, 0.5) is 10.5 Å².